The minimum Gasteiger partial charge on any atom is -0.356 e. The van der Waals surface area contributed by atoms with Crippen molar-refractivity contribution in [2.24, 2.45) is 0 Å². The summed E-state index contributed by atoms with van der Waals surface area (Å²) in [5, 5.41) is 4.56. The molecule has 1 fully saturated rings. The lowest BCUT2D eigenvalue weighted by atomic mass is 10.1. The number of benzene rings is 1. The molecule has 1 saturated heterocycles. The highest BCUT2D eigenvalue weighted by Crippen LogP contribution is 2.28. The van der Waals surface area contributed by atoms with Gasteiger partial charge in [0.1, 0.15) is 8.80 Å². The molecule has 2 aromatic rings. The highest BCUT2D eigenvalue weighted by molar-refractivity contribution is 6.64. The summed E-state index contributed by atoms with van der Waals surface area (Å²) in [6.45, 7) is 4.99. The van der Waals surface area contributed by atoms with Gasteiger partial charge in [0.2, 0.25) is 5.95 Å². The molecule has 2 heterocycles. The third-order valence-electron chi connectivity index (χ3n) is 3.55. The third kappa shape index (κ3) is 3.02. The second kappa shape index (κ2) is 6.00. The Morgan fingerprint density at radius 2 is 2.24 bits per heavy atom. The topological polar surface area (TPSA) is 27.1 Å². The predicted octanol–water partition coefficient (Wildman–Crippen LogP) is 3.52. The summed E-state index contributed by atoms with van der Waals surface area (Å²) in [5.41, 5.74) is 4.82. The van der Waals surface area contributed by atoms with Crippen LogP contribution in [-0.2, 0) is 4.74 Å². The predicted molar refractivity (Wildman–Crippen MR) is 82.9 cm³/mol. The van der Waals surface area contributed by atoms with E-state index in [9.17, 15) is 4.39 Å². The van der Waals surface area contributed by atoms with Crippen LogP contribution < -0.4 is 0 Å². The standard InChI is InChI=1S/C16H18FN2OSi/c1-21(2)10-8-12-6-7-14-13(11-12)16(17)18-19(14)15-5-3-4-9-20-15/h6-7,11,15H,3-5,9H2,1-2H3. The van der Waals surface area contributed by atoms with Crippen molar-refractivity contribution in [1.29, 1.82) is 0 Å². The quantitative estimate of drug-likeness (QED) is 0.595. The fourth-order valence-electron chi connectivity index (χ4n) is 2.51. The minimum absolute atomic E-state index is 0.149. The lowest BCUT2D eigenvalue weighted by Crippen LogP contribution is -2.19. The molecule has 0 amide bonds. The maximum Gasteiger partial charge on any atom is 0.240 e. The van der Waals surface area contributed by atoms with E-state index < -0.39 is 14.7 Å². The molecule has 1 aliphatic rings. The normalized spacial score (nSPS) is 18.8. The smallest absolute Gasteiger partial charge is 0.240 e. The van der Waals surface area contributed by atoms with Gasteiger partial charge in [-0.15, -0.1) is 10.6 Å². The van der Waals surface area contributed by atoms with Gasteiger partial charge in [-0.25, -0.2) is 4.68 Å². The lowest BCUT2D eigenvalue weighted by Gasteiger charge is -2.23. The Kier molecular flexibility index (Phi) is 4.09. The van der Waals surface area contributed by atoms with E-state index in [-0.39, 0.29) is 6.23 Å². The van der Waals surface area contributed by atoms with Crippen molar-refractivity contribution < 1.29 is 9.13 Å². The van der Waals surface area contributed by atoms with Crippen molar-refractivity contribution in [2.45, 2.75) is 38.6 Å². The fraction of sp³-hybridized carbons (Fsp3) is 0.438. The monoisotopic (exact) mass is 301 g/mol. The van der Waals surface area contributed by atoms with E-state index in [2.05, 4.69) is 29.7 Å². The van der Waals surface area contributed by atoms with Crippen LogP contribution >= 0.6 is 0 Å². The zero-order valence-electron chi connectivity index (χ0n) is 12.3. The van der Waals surface area contributed by atoms with Gasteiger partial charge >= 0.3 is 0 Å². The number of ether oxygens (including phenoxy) is 1. The van der Waals surface area contributed by atoms with Gasteiger partial charge in [-0.1, -0.05) is 19.0 Å². The Labute approximate surface area is 125 Å². The maximum atomic E-state index is 14.1. The molecule has 5 heteroatoms. The van der Waals surface area contributed by atoms with Crippen molar-refractivity contribution in [1.82, 2.24) is 9.78 Å². The molecule has 1 unspecified atom stereocenters. The molecule has 0 saturated carbocycles. The average molecular weight is 301 g/mol. The molecular formula is C16H18FN2OSi. The van der Waals surface area contributed by atoms with Gasteiger partial charge in [0.15, 0.2) is 6.23 Å². The SMILES string of the molecule is C[Si](C)C#Cc1ccc2c(c1)c(F)nn2C1CCCCO1. The summed E-state index contributed by atoms with van der Waals surface area (Å²) in [6.07, 6.45) is 2.89. The van der Waals surface area contributed by atoms with Crippen LogP contribution in [0.15, 0.2) is 18.2 Å². The fourth-order valence-corrected chi connectivity index (χ4v) is 2.91. The first-order valence-electron chi connectivity index (χ1n) is 7.27. The molecule has 0 bridgehead atoms. The Morgan fingerprint density at radius 3 is 2.95 bits per heavy atom. The largest absolute Gasteiger partial charge is 0.356 e. The van der Waals surface area contributed by atoms with Crippen LogP contribution in [0, 0.1) is 17.4 Å². The van der Waals surface area contributed by atoms with Crippen LogP contribution in [-0.4, -0.2) is 25.2 Å². The molecule has 0 N–H and O–H groups in total. The van der Waals surface area contributed by atoms with E-state index in [1.807, 2.05) is 12.1 Å². The van der Waals surface area contributed by atoms with E-state index in [0.29, 0.717) is 5.39 Å². The highest BCUT2D eigenvalue weighted by Gasteiger charge is 2.21. The minimum atomic E-state index is -0.602. The van der Waals surface area contributed by atoms with Gasteiger partial charge < -0.3 is 4.74 Å². The number of halogens is 1. The van der Waals surface area contributed by atoms with Gasteiger partial charge in [0.25, 0.3) is 0 Å². The zero-order valence-corrected chi connectivity index (χ0v) is 13.3. The van der Waals surface area contributed by atoms with Crippen LogP contribution in [0.5, 0.6) is 0 Å². The van der Waals surface area contributed by atoms with Crippen LogP contribution in [0.2, 0.25) is 13.1 Å². The molecule has 3 nitrogen and oxygen atoms in total. The number of rotatable bonds is 1. The van der Waals surface area contributed by atoms with E-state index in [4.69, 9.17) is 4.74 Å². The molecule has 1 radical (unpaired) electrons. The van der Waals surface area contributed by atoms with Crippen LogP contribution in [0.1, 0.15) is 31.1 Å². The first-order chi connectivity index (χ1) is 10.1. The second-order valence-electron chi connectivity index (χ2n) is 5.54. The van der Waals surface area contributed by atoms with Gasteiger partial charge in [0.05, 0.1) is 10.9 Å². The van der Waals surface area contributed by atoms with E-state index in [1.54, 1.807) is 10.7 Å². The Balaban J connectivity index is 2.00. The van der Waals surface area contributed by atoms with Gasteiger partial charge in [-0.2, -0.15) is 4.39 Å². The highest BCUT2D eigenvalue weighted by atomic mass is 28.3. The molecule has 0 aliphatic carbocycles. The Hall–Kier alpha value is -1.64. The summed E-state index contributed by atoms with van der Waals surface area (Å²) in [6, 6.07) is 5.61. The number of aromatic nitrogens is 2. The van der Waals surface area contributed by atoms with Crippen LogP contribution in [0.4, 0.5) is 4.39 Å². The van der Waals surface area contributed by atoms with Gasteiger partial charge in [-0.05, 0) is 37.5 Å². The molecule has 1 aromatic carbocycles. The van der Waals surface area contributed by atoms with Crippen molar-refractivity contribution >= 4 is 19.7 Å². The number of hydrogen-bond donors (Lipinski definition) is 0. The van der Waals surface area contributed by atoms with Crippen molar-refractivity contribution in [2.75, 3.05) is 6.61 Å². The first-order valence-corrected chi connectivity index (χ1v) is 9.77. The van der Waals surface area contributed by atoms with Gasteiger partial charge in [-0.3, -0.25) is 0 Å². The third-order valence-corrected chi connectivity index (χ3v) is 4.17. The van der Waals surface area contributed by atoms with E-state index in [1.165, 1.54) is 0 Å². The first kappa shape index (κ1) is 14.3. The Bertz CT molecular complexity index is 708. The molecule has 109 valence electrons. The summed E-state index contributed by atoms with van der Waals surface area (Å²) < 4.78 is 21.5. The average Bonchev–Trinajstić information content (AvgIpc) is 2.83. The lowest BCUT2D eigenvalue weighted by molar-refractivity contribution is -0.0375. The molecule has 21 heavy (non-hydrogen) atoms. The van der Waals surface area contributed by atoms with E-state index >= 15 is 0 Å². The van der Waals surface area contributed by atoms with Crippen LogP contribution in [0.25, 0.3) is 10.9 Å². The zero-order chi connectivity index (χ0) is 14.8. The molecule has 1 aromatic heterocycles. The van der Waals surface area contributed by atoms with Crippen LogP contribution in [0.3, 0.4) is 0 Å². The molecule has 1 atom stereocenters. The molecule has 0 spiro atoms. The van der Waals surface area contributed by atoms with Crippen molar-refractivity contribution in [3.8, 4) is 11.5 Å². The van der Waals surface area contributed by atoms with E-state index in [0.717, 1.165) is 36.9 Å². The molecule has 3 rings (SSSR count). The summed E-state index contributed by atoms with van der Waals surface area (Å²) in [5.74, 6) is 2.67. The molecule has 1 aliphatic heterocycles. The Morgan fingerprint density at radius 1 is 1.38 bits per heavy atom. The van der Waals surface area contributed by atoms with Crippen molar-refractivity contribution in [3.63, 3.8) is 0 Å². The molecular weight excluding hydrogens is 283 g/mol. The van der Waals surface area contributed by atoms with Gasteiger partial charge in [0, 0.05) is 12.2 Å². The summed E-state index contributed by atoms with van der Waals surface area (Å²) >= 11 is 0. The number of nitrogens with zero attached hydrogens (tertiary/aromatic N) is 2. The maximum absolute atomic E-state index is 14.1. The number of fused-ring (bicyclic) bond motifs is 1. The van der Waals surface area contributed by atoms with Crippen molar-refractivity contribution in [3.05, 3.63) is 29.7 Å². The number of hydrogen-bond acceptors (Lipinski definition) is 2. The second-order valence-corrected chi connectivity index (χ2v) is 7.79. The summed E-state index contributed by atoms with van der Waals surface area (Å²) in [4.78, 5) is 0. The summed E-state index contributed by atoms with van der Waals surface area (Å²) in [7, 11) is -0.602.